The molecule has 1 atom stereocenters. The molecule has 0 spiro atoms. The smallest absolute Gasteiger partial charge is 0.225 e. The Morgan fingerprint density at radius 1 is 1.82 bits per heavy atom. The van der Waals surface area contributed by atoms with Crippen LogP contribution in [-0.4, -0.2) is 12.8 Å². The summed E-state index contributed by atoms with van der Waals surface area (Å²) in [5.74, 6) is 0.613. The van der Waals surface area contributed by atoms with Crippen molar-refractivity contribution in [3.8, 4) is 0 Å². The Labute approximate surface area is 65.4 Å². The van der Waals surface area contributed by atoms with Crippen LogP contribution in [0.1, 0.15) is 18.7 Å². The largest absolute Gasteiger partial charge is 0.467 e. The zero-order chi connectivity index (χ0) is 8.10. The predicted molar refractivity (Wildman–Crippen MR) is 40.8 cm³/mol. The van der Waals surface area contributed by atoms with Gasteiger partial charge in [-0.25, -0.2) is 0 Å². The number of hydrogen-bond donors (Lipinski definition) is 1. The van der Waals surface area contributed by atoms with E-state index in [0.717, 1.165) is 6.54 Å². The zero-order valence-corrected chi connectivity index (χ0v) is 6.33. The first-order valence-corrected chi connectivity index (χ1v) is 3.53. The van der Waals surface area contributed by atoms with E-state index in [1.54, 1.807) is 12.1 Å². The van der Waals surface area contributed by atoms with Crippen LogP contribution < -0.4 is 5.32 Å². The van der Waals surface area contributed by atoms with E-state index in [-0.39, 0.29) is 0 Å². The highest BCUT2D eigenvalue weighted by Gasteiger charge is 2.11. The summed E-state index contributed by atoms with van der Waals surface area (Å²) < 4.78 is 5.01. The second-order valence-electron chi connectivity index (χ2n) is 2.12. The van der Waals surface area contributed by atoms with E-state index in [0.29, 0.717) is 5.76 Å². The molecule has 0 aromatic carbocycles. The van der Waals surface area contributed by atoms with Crippen molar-refractivity contribution in [1.29, 1.82) is 0 Å². The maximum atomic E-state index is 10.3. The summed E-state index contributed by atoms with van der Waals surface area (Å²) in [6.07, 6.45) is 3.39. The zero-order valence-electron chi connectivity index (χ0n) is 6.33. The lowest BCUT2D eigenvalue weighted by Crippen LogP contribution is -2.21. The van der Waals surface area contributed by atoms with E-state index >= 15 is 0 Å². The van der Waals surface area contributed by atoms with Gasteiger partial charge in [-0.1, -0.05) is 6.92 Å². The maximum absolute atomic E-state index is 10.3. The molecule has 11 heavy (non-hydrogen) atoms. The van der Waals surface area contributed by atoms with Gasteiger partial charge in [-0.2, -0.15) is 0 Å². The van der Waals surface area contributed by atoms with Gasteiger partial charge in [0.15, 0.2) is 0 Å². The van der Waals surface area contributed by atoms with Gasteiger partial charge in [0.25, 0.3) is 0 Å². The normalized spacial score (nSPS) is 12.8. The topological polar surface area (TPSA) is 42.2 Å². The van der Waals surface area contributed by atoms with Crippen molar-refractivity contribution in [2.24, 2.45) is 0 Å². The number of rotatable bonds is 4. The van der Waals surface area contributed by atoms with Crippen molar-refractivity contribution in [1.82, 2.24) is 5.32 Å². The fourth-order valence-electron chi connectivity index (χ4n) is 0.860. The lowest BCUT2D eigenvalue weighted by Gasteiger charge is -2.05. The summed E-state index contributed by atoms with van der Waals surface area (Å²) in [6, 6.07) is 3.07. The molecule has 1 N–H and O–H groups in total. The highest BCUT2D eigenvalue weighted by atomic mass is 16.3. The highest BCUT2D eigenvalue weighted by molar-refractivity contribution is 5.60. The van der Waals surface area contributed by atoms with Crippen LogP contribution in [0.15, 0.2) is 22.8 Å². The van der Waals surface area contributed by atoms with E-state index in [2.05, 4.69) is 5.32 Å². The van der Waals surface area contributed by atoms with Crippen LogP contribution >= 0.6 is 0 Å². The average molecular weight is 152 g/mol. The molecule has 0 aliphatic rings. The van der Waals surface area contributed by atoms with Crippen molar-refractivity contribution in [2.45, 2.75) is 13.0 Å². The number of likely N-dealkylation sites (N-methyl/N-ethyl adjacent to an activating group) is 1. The van der Waals surface area contributed by atoms with Gasteiger partial charge in [0.2, 0.25) is 6.29 Å². The molecule has 1 rings (SSSR count). The number of nitrogens with one attached hydrogen (secondary N) is 1. The minimum absolute atomic E-state index is 0.421. The van der Waals surface area contributed by atoms with Gasteiger partial charge < -0.3 is 9.73 Å². The number of carbonyl (C=O) groups excluding carboxylic acids is 1. The Kier molecular flexibility index (Phi) is 2.86. The Balaban J connectivity index is 2.63. The van der Waals surface area contributed by atoms with Gasteiger partial charge in [-0.3, -0.25) is 4.79 Å². The average Bonchev–Trinajstić information content (AvgIpc) is 2.52. The standard InChI is InChI=1S/C8H10NO2/c1-2-9-7(6-10)8-4-3-5-11-8/h3-5,7,9H,2H2,1H3. The molecule has 3 nitrogen and oxygen atoms in total. The van der Waals surface area contributed by atoms with Crippen LogP contribution in [0.25, 0.3) is 0 Å². The van der Waals surface area contributed by atoms with Crippen LogP contribution in [0, 0.1) is 0 Å². The molecule has 1 aromatic rings. The van der Waals surface area contributed by atoms with E-state index in [4.69, 9.17) is 4.42 Å². The van der Waals surface area contributed by atoms with Crippen molar-refractivity contribution >= 4 is 6.29 Å². The third-order valence-corrected chi connectivity index (χ3v) is 1.35. The van der Waals surface area contributed by atoms with E-state index < -0.39 is 6.04 Å². The van der Waals surface area contributed by atoms with Gasteiger partial charge in [0.1, 0.15) is 11.8 Å². The van der Waals surface area contributed by atoms with E-state index in [1.807, 2.05) is 13.2 Å². The lowest BCUT2D eigenvalue weighted by atomic mass is 10.2. The van der Waals surface area contributed by atoms with Gasteiger partial charge >= 0.3 is 0 Å². The van der Waals surface area contributed by atoms with Crippen molar-refractivity contribution in [3.63, 3.8) is 0 Å². The van der Waals surface area contributed by atoms with Gasteiger partial charge in [-0.15, -0.1) is 0 Å². The summed E-state index contributed by atoms with van der Waals surface area (Å²) in [5.41, 5.74) is 0. The summed E-state index contributed by atoms with van der Waals surface area (Å²) in [4.78, 5) is 10.3. The fraction of sp³-hybridized carbons (Fsp3) is 0.375. The van der Waals surface area contributed by atoms with Crippen LogP contribution in [0.4, 0.5) is 0 Å². The minimum Gasteiger partial charge on any atom is -0.467 e. The minimum atomic E-state index is -0.421. The molecular weight excluding hydrogens is 142 g/mol. The van der Waals surface area contributed by atoms with E-state index in [9.17, 15) is 4.79 Å². The van der Waals surface area contributed by atoms with Crippen molar-refractivity contribution in [2.75, 3.05) is 6.54 Å². The van der Waals surface area contributed by atoms with Crippen LogP contribution in [0.3, 0.4) is 0 Å². The van der Waals surface area contributed by atoms with Crippen molar-refractivity contribution in [3.05, 3.63) is 24.2 Å². The molecule has 1 unspecified atom stereocenters. The molecule has 3 heteroatoms. The Morgan fingerprint density at radius 3 is 3.09 bits per heavy atom. The van der Waals surface area contributed by atoms with Crippen LogP contribution in [-0.2, 0) is 4.79 Å². The number of furan rings is 1. The maximum Gasteiger partial charge on any atom is 0.225 e. The predicted octanol–water partition coefficient (Wildman–Crippen LogP) is 1.04. The monoisotopic (exact) mass is 152 g/mol. The summed E-state index contributed by atoms with van der Waals surface area (Å²) in [5, 5.41) is 2.92. The van der Waals surface area contributed by atoms with Crippen LogP contribution in [0.2, 0.25) is 0 Å². The Morgan fingerprint density at radius 2 is 2.64 bits per heavy atom. The summed E-state index contributed by atoms with van der Waals surface area (Å²) in [6.45, 7) is 2.65. The lowest BCUT2D eigenvalue weighted by molar-refractivity contribution is 0.450. The molecule has 59 valence electrons. The first-order valence-electron chi connectivity index (χ1n) is 3.53. The molecule has 0 amide bonds. The van der Waals surface area contributed by atoms with Gasteiger partial charge in [0, 0.05) is 0 Å². The first-order chi connectivity index (χ1) is 5.38. The third-order valence-electron chi connectivity index (χ3n) is 1.35. The number of hydrogen-bond acceptors (Lipinski definition) is 3. The quantitative estimate of drug-likeness (QED) is 0.700. The molecule has 0 fully saturated rings. The van der Waals surface area contributed by atoms with Crippen LogP contribution in [0.5, 0.6) is 0 Å². The SMILES string of the molecule is CCNC([C]=O)c1ccco1. The second kappa shape index (κ2) is 3.93. The molecule has 0 aliphatic carbocycles. The summed E-state index contributed by atoms with van der Waals surface area (Å²) in [7, 11) is 0. The molecule has 0 aliphatic heterocycles. The first kappa shape index (κ1) is 8.01. The molecular formula is C8H10NO2. The molecule has 1 aromatic heterocycles. The fourth-order valence-corrected chi connectivity index (χ4v) is 0.860. The molecule has 1 heterocycles. The highest BCUT2D eigenvalue weighted by Crippen LogP contribution is 2.09. The molecule has 0 saturated heterocycles. The molecule has 1 radical (unpaired) electrons. The third kappa shape index (κ3) is 1.91. The Bertz CT molecular complexity index is 206. The second-order valence-corrected chi connectivity index (χ2v) is 2.12. The van der Waals surface area contributed by atoms with E-state index in [1.165, 1.54) is 6.26 Å². The van der Waals surface area contributed by atoms with Crippen molar-refractivity contribution < 1.29 is 9.21 Å². The summed E-state index contributed by atoms with van der Waals surface area (Å²) >= 11 is 0. The van der Waals surface area contributed by atoms with Gasteiger partial charge in [-0.05, 0) is 18.7 Å². The van der Waals surface area contributed by atoms with Gasteiger partial charge in [0.05, 0.1) is 6.26 Å². The Hall–Kier alpha value is -1.09. The molecule has 0 bridgehead atoms. The molecule has 0 saturated carbocycles.